The van der Waals surface area contributed by atoms with Gasteiger partial charge in [-0.25, -0.2) is 0 Å². The van der Waals surface area contributed by atoms with Gasteiger partial charge in [-0.1, -0.05) is 115 Å². The van der Waals surface area contributed by atoms with Crippen molar-refractivity contribution in [3.8, 4) is 5.75 Å². The van der Waals surface area contributed by atoms with E-state index in [-0.39, 0.29) is 50.4 Å². The Kier molecular flexibility index (Phi) is 16.4. The Morgan fingerprint density at radius 3 is 1.87 bits per heavy atom. The third-order valence-electron chi connectivity index (χ3n) is 8.72. The predicted molar refractivity (Wildman–Crippen MR) is 204 cm³/mol. The minimum Gasteiger partial charge on any atom is -0.489 e. The van der Waals surface area contributed by atoms with Crippen LogP contribution in [0, 0.1) is 11.8 Å². The van der Waals surface area contributed by atoms with Crippen LogP contribution in [0.2, 0.25) is 0 Å². The SMILES string of the molecule is C=CC[C@H](CC(=O)N(CCO)Cc1ccccc1)C(=O)N[C@H](COC(=O)[C@@H](CC=C)Cc1ccccc1)Cc1ccc(OCc2ccccc2)cc1. The molecule has 0 aliphatic heterocycles. The third kappa shape index (κ3) is 13.3. The van der Waals surface area contributed by atoms with Gasteiger partial charge < -0.3 is 24.8 Å². The van der Waals surface area contributed by atoms with Crippen molar-refractivity contribution in [2.24, 2.45) is 11.8 Å². The molecule has 0 aliphatic rings. The zero-order valence-corrected chi connectivity index (χ0v) is 29.8. The fraction of sp³-hybridized carbons (Fsp3) is 0.295. The van der Waals surface area contributed by atoms with Gasteiger partial charge >= 0.3 is 5.97 Å². The number of nitrogens with zero attached hydrogens (tertiary/aromatic N) is 1. The van der Waals surface area contributed by atoms with Gasteiger partial charge in [0.2, 0.25) is 11.8 Å². The van der Waals surface area contributed by atoms with Crippen molar-refractivity contribution in [3.05, 3.63) is 163 Å². The van der Waals surface area contributed by atoms with E-state index in [4.69, 9.17) is 9.47 Å². The Balaban J connectivity index is 1.46. The number of aliphatic hydroxyl groups excluding tert-OH is 1. The maximum atomic E-state index is 13.9. The van der Waals surface area contributed by atoms with Crippen LogP contribution in [0.1, 0.15) is 41.5 Å². The van der Waals surface area contributed by atoms with Gasteiger partial charge in [-0.2, -0.15) is 0 Å². The number of carbonyl (C=O) groups is 3. The molecule has 0 heterocycles. The van der Waals surface area contributed by atoms with Crippen LogP contribution in [-0.4, -0.2) is 53.6 Å². The number of esters is 1. The highest BCUT2D eigenvalue weighted by molar-refractivity contribution is 5.86. The van der Waals surface area contributed by atoms with E-state index in [1.807, 2.05) is 115 Å². The number of aliphatic hydroxyl groups is 1. The molecule has 4 rings (SSSR count). The Morgan fingerprint density at radius 1 is 0.712 bits per heavy atom. The number of nitrogens with one attached hydrogen (secondary N) is 1. The standard InChI is InChI=1S/C44H50N2O6/c1-3-14-38(30-42(48)46(26-27-47)31-36-18-10-6-11-19-36)43(49)45-40(33-52-44(50)39(15-4-2)28-34-16-8-5-9-17-34)29-35-22-24-41(25-23-35)51-32-37-20-12-7-13-21-37/h3-13,16-25,38-40,47H,1-2,14-15,26-33H2,(H,45,49)/t38-,39+,40+/m1/s1. The van der Waals surface area contributed by atoms with Gasteiger partial charge in [0.25, 0.3) is 0 Å². The van der Waals surface area contributed by atoms with Crippen LogP contribution in [0.25, 0.3) is 0 Å². The summed E-state index contributed by atoms with van der Waals surface area (Å²) in [5, 5.41) is 12.8. The highest BCUT2D eigenvalue weighted by Gasteiger charge is 2.27. The molecule has 2 N–H and O–H groups in total. The number of allylic oxidation sites excluding steroid dienone is 2. The van der Waals surface area contributed by atoms with Crippen molar-refractivity contribution < 1.29 is 29.0 Å². The molecule has 0 saturated heterocycles. The lowest BCUT2D eigenvalue weighted by molar-refractivity contribution is -0.149. The summed E-state index contributed by atoms with van der Waals surface area (Å²) in [6.45, 7) is 8.31. The summed E-state index contributed by atoms with van der Waals surface area (Å²) in [6.07, 6.45) is 4.87. The monoisotopic (exact) mass is 702 g/mol. The Bertz CT molecular complexity index is 1680. The molecule has 0 bridgehead atoms. The van der Waals surface area contributed by atoms with E-state index in [1.165, 1.54) is 0 Å². The summed E-state index contributed by atoms with van der Waals surface area (Å²) in [5.74, 6) is -1.38. The Hall–Kier alpha value is -5.47. The van der Waals surface area contributed by atoms with E-state index >= 15 is 0 Å². The summed E-state index contributed by atoms with van der Waals surface area (Å²) in [4.78, 5) is 42.3. The minimum atomic E-state index is -0.708. The molecular weight excluding hydrogens is 652 g/mol. The fourth-order valence-corrected chi connectivity index (χ4v) is 5.92. The zero-order chi connectivity index (χ0) is 37.0. The highest BCUT2D eigenvalue weighted by atomic mass is 16.5. The molecule has 272 valence electrons. The first-order valence-electron chi connectivity index (χ1n) is 17.8. The molecule has 0 saturated carbocycles. The van der Waals surface area contributed by atoms with E-state index in [2.05, 4.69) is 18.5 Å². The third-order valence-corrected chi connectivity index (χ3v) is 8.72. The van der Waals surface area contributed by atoms with Crippen LogP contribution in [0.4, 0.5) is 0 Å². The maximum absolute atomic E-state index is 13.9. The van der Waals surface area contributed by atoms with Crippen LogP contribution in [0.3, 0.4) is 0 Å². The lowest BCUT2D eigenvalue weighted by Gasteiger charge is -2.26. The van der Waals surface area contributed by atoms with Gasteiger partial charge in [-0.3, -0.25) is 14.4 Å². The van der Waals surface area contributed by atoms with Crippen molar-refractivity contribution >= 4 is 17.8 Å². The van der Waals surface area contributed by atoms with Gasteiger partial charge in [-0.15, -0.1) is 13.2 Å². The molecule has 0 unspecified atom stereocenters. The molecule has 0 aromatic heterocycles. The summed E-state index contributed by atoms with van der Waals surface area (Å²) in [6, 6.07) is 36.2. The average molecular weight is 703 g/mol. The van der Waals surface area contributed by atoms with Crippen LogP contribution < -0.4 is 10.1 Å². The van der Waals surface area contributed by atoms with Gasteiger partial charge in [0.15, 0.2) is 0 Å². The van der Waals surface area contributed by atoms with E-state index < -0.39 is 17.9 Å². The molecule has 0 fully saturated rings. The van der Waals surface area contributed by atoms with Gasteiger partial charge in [0, 0.05) is 19.5 Å². The molecule has 8 nitrogen and oxygen atoms in total. The molecular formula is C44H50N2O6. The lowest BCUT2D eigenvalue weighted by atomic mass is 9.96. The van der Waals surface area contributed by atoms with Crippen molar-refractivity contribution in [2.75, 3.05) is 19.8 Å². The number of amides is 2. The zero-order valence-electron chi connectivity index (χ0n) is 29.8. The molecule has 2 amide bonds. The summed E-state index contributed by atoms with van der Waals surface area (Å²) >= 11 is 0. The van der Waals surface area contributed by atoms with E-state index in [0.29, 0.717) is 38.2 Å². The number of ether oxygens (including phenoxy) is 2. The summed E-state index contributed by atoms with van der Waals surface area (Å²) in [7, 11) is 0. The molecule has 3 atom stereocenters. The van der Waals surface area contributed by atoms with Gasteiger partial charge in [0.1, 0.15) is 19.0 Å². The van der Waals surface area contributed by atoms with Crippen LogP contribution in [0.5, 0.6) is 5.75 Å². The smallest absolute Gasteiger partial charge is 0.309 e. The number of rotatable bonds is 22. The van der Waals surface area contributed by atoms with Crippen LogP contribution in [0.15, 0.2) is 141 Å². The average Bonchev–Trinajstić information content (AvgIpc) is 3.17. The van der Waals surface area contributed by atoms with Crippen molar-refractivity contribution in [2.45, 2.75) is 51.3 Å². The lowest BCUT2D eigenvalue weighted by Crippen LogP contribution is -2.45. The van der Waals surface area contributed by atoms with Crippen LogP contribution in [-0.2, 0) is 45.1 Å². The van der Waals surface area contributed by atoms with E-state index in [0.717, 1.165) is 22.3 Å². The van der Waals surface area contributed by atoms with E-state index in [9.17, 15) is 19.5 Å². The van der Waals surface area contributed by atoms with Crippen molar-refractivity contribution in [1.82, 2.24) is 10.2 Å². The minimum absolute atomic E-state index is 0.0569. The van der Waals surface area contributed by atoms with Crippen LogP contribution >= 0.6 is 0 Å². The number of benzene rings is 4. The normalized spacial score (nSPS) is 12.5. The highest BCUT2D eigenvalue weighted by Crippen LogP contribution is 2.19. The number of carbonyl (C=O) groups excluding carboxylic acids is 3. The number of hydrogen-bond donors (Lipinski definition) is 2. The molecule has 0 spiro atoms. The fourth-order valence-electron chi connectivity index (χ4n) is 5.92. The second-order valence-electron chi connectivity index (χ2n) is 12.8. The van der Waals surface area contributed by atoms with Gasteiger partial charge in [-0.05, 0) is 60.1 Å². The summed E-state index contributed by atoms with van der Waals surface area (Å²) in [5.41, 5.74) is 3.92. The number of hydrogen-bond acceptors (Lipinski definition) is 6. The molecule has 52 heavy (non-hydrogen) atoms. The first-order valence-corrected chi connectivity index (χ1v) is 17.8. The molecule has 0 radical (unpaired) electrons. The topological polar surface area (TPSA) is 105 Å². The molecule has 4 aromatic rings. The second-order valence-corrected chi connectivity index (χ2v) is 12.8. The van der Waals surface area contributed by atoms with Gasteiger partial charge in [0.05, 0.1) is 24.5 Å². The predicted octanol–water partition coefficient (Wildman–Crippen LogP) is 6.87. The molecule has 8 heteroatoms. The van der Waals surface area contributed by atoms with Crippen molar-refractivity contribution in [3.63, 3.8) is 0 Å². The van der Waals surface area contributed by atoms with Crippen molar-refractivity contribution in [1.29, 1.82) is 0 Å². The Labute approximate surface area is 307 Å². The first kappa shape index (κ1) is 39.3. The first-order chi connectivity index (χ1) is 25.4. The van der Waals surface area contributed by atoms with E-state index in [1.54, 1.807) is 17.1 Å². The second kappa shape index (κ2) is 21.7. The maximum Gasteiger partial charge on any atom is 0.309 e. The summed E-state index contributed by atoms with van der Waals surface area (Å²) < 4.78 is 11.8. The quantitative estimate of drug-likeness (QED) is 0.0684. The Morgan fingerprint density at radius 2 is 1.27 bits per heavy atom. The largest absolute Gasteiger partial charge is 0.489 e. The molecule has 4 aromatic carbocycles. The molecule has 0 aliphatic carbocycles.